The Morgan fingerprint density at radius 2 is 1.93 bits per heavy atom. The first-order valence-corrected chi connectivity index (χ1v) is 10.2. The maximum Gasteiger partial charge on any atom is 0.229 e. The molecular weight excluding hydrogens is 378 g/mol. The largest absolute Gasteiger partial charge is 0.391 e. The van der Waals surface area contributed by atoms with Gasteiger partial charge in [0.05, 0.1) is 18.2 Å². The molecule has 0 radical (unpaired) electrons. The Morgan fingerprint density at radius 3 is 2.70 bits per heavy atom. The van der Waals surface area contributed by atoms with Crippen molar-refractivity contribution in [3.05, 3.63) is 71.9 Å². The standard InChI is InChI=1S/C24H27N3O3/c1-2-8-19(15-26-30-17-18-9-4-3-5-10-18)24(29)27-21(16-28)13-20-14-25-23-12-7-6-11-22(20)23/h3-7,9-12,14-16,19,21,25H,2,8,13,17H2,1H3,(H,27,29)/b26-15+. The van der Waals surface area contributed by atoms with Gasteiger partial charge in [-0.2, -0.15) is 0 Å². The Balaban J connectivity index is 1.58. The number of aromatic nitrogens is 1. The van der Waals surface area contributed by atoms with E-state index in [1.54, 1.807) is 0 Å². The molecule has 30 heavy (non-hydrogen) atoms. The first kappa shape index (κ1) is 21.3. The van der Waals surface area contributed by atoms with Gasteiger partial charge in [-0.3, -0.25) is 4.79 Å². The zero-order chi connectivity index (χ0) is 21.2. The van der Waals surface area contributed by atoms with Crippen LogP contribution in [0.5, 0.6) is 0 Å². The Hall–Kier alpha value is -3.41. The number of carbonyl (C=O) groups is 2. The van der Waals surface area contributed by atoms with Crippen molar-refractivity contribution in [1.82, 2.24) is 10.3 Å². The van der Waals surface area contributed by atoms with E-state index >= 15 is 0 Å². The average Bonchev–Trinajstić information content (AvgIpc) is 3.19. The highest BCUT2D eigenvalue weighted by molar-refractivity contribution is 5.94. The highest BCUT2D eigenvalue weighted by Gasteiger charge is 2.20. The lowest BCUT2D eigenvalue weighted by Gasteiger charge is -2.16. The van der Waals surface area contributed by atoms with E-state index in [0.29, 0.717) is 19.4 Å². The smallest absolute Gasteiger partial charge is 0.229 e. The first-order valence-electron chi connectivity index (χ1n) is 10.2. The summed E-state index contributed by atoms with van der Waals surface area (Å²) in [5.74, 6) is -0.669. The first-order chi connectivity index (χ1) is 14.7. The number of para-hydroxylation sites is 1. The normalized spacial score (nSPS) is 13.2. The number of hydrogen-bond acceptors (Lipinski definition) is 4. The molecule has 3 rings (SSSR count). The monoisotopic (exact) mass is 405 g/mol. The third-order valence-electron chi connectivity index (χ3n) is 4.93. The predicted molar refractivity (Wildman–Crippen MR) is 118 cm³/mol. The van der Waals surface area contributed by atoms with Gasteiger partial charge in [0, 0.05) is 23.5 Å². The van der Waals surface area contributed by atoms with E-state index in [0.717, 1.165) is 34.7 Å². The number of amides is 1. The molecule has 0 bridgehead atoms. The molecule has 1 aromatic heterocycles. The van der Waals surface area contributed by atoms with Crippen LogP contribution in [0.3, 0.4) is 0 Å². The fourth-order valence-corrected chi connectivity index (χ4v) is 3.35. The second-order valence-electron chi connectivity index (χ2n) is 7.22. The highest BCUT2D eigenvalue weighted by atomic mass is 16.6. The van der Waals surface area contributed by atoms with Crippen LogP contribution in [0.15, 0.2) is 65.9 Å². The van der Waals surface area contributed by atoms with Crippen LogP contribution in [0.25, 0.3) is 10.9 Å². The SMILES string of the molecule is CCCC(/C=N/OCc1ccccc1)C(=O)NC(C=O)Cc1c[nH]c2ccccc12. The molecule has 6 heteroatoms. The van der Waals surface area contributed by atoms with Gasteiger partial charge < -0.3 is 19.9 Å². The molecule has 1 amide bonds. The Bertz CT molecular complexity index is 982. The zero-order valence-electron chi connectivity index (χ0n) is 17.1. The van der Waals surface area contributed by atoms with Gasteiger partial charge in [-0.25, -0.2) is 0 Å². The van der Waals surface area contributed by atoms with Crippen LogP contribution in [0, 0.1) is 5.92 Å². The van der Waals surface area contributed by atoms with E-state index in [-0.39, 0.29) is 5.91 Å². The summed E-state index contributed by atoms with van der Waals surface area (Å²) in [6, 6.07) is 17.0. The number of rotatable bonds is 11. The van der Waals surface area contributed by atoms with Crippen LogP contribution >= 0.6 is 0 Å². The van der Waals surface area contributed by atoms with Crippen LogP contribution in [0.1, 0.15) is 30.9 Å². The predicted octanol–water partition coefficient (Wildman–Crippen LogP) is 4.01. The number of fused-ring (bicyclic) bond motifs is 1. The van der Waals surface area contributed by atoms with E-state index in [4.69, 9.17) is 4.84 Å². The molecule has 3 aromatic rings. The van der Waals surface area contributed by atoms with Gasteiger partial charge in [-0.15, -0.1) is 0 Å². The molecule has 0 aliphatic heterocycles. The lowest BCUT2D eigenvalue weighted by atomic mass is 10.0. The van der Waals surface area contributed by atoms with Gasteiger partial charge in [0.1, 0.15) is 12.9 Å². The molecule has 0 aliphatic carbocycles. The van der Waals surface area contributed by atoms with E-state index in [2.05, 4.69) is 15.5 Å². The van der Waals surface area contributed by atoms with E-state index < -0.39 is 12.0 Å². The topological polar surface area (TPSA) is 83.5 Å². The molecule has 2 N–H and O–H groups in total. The van der Waals surface area contributed by atoms with Crippen molar-refractivity contribution in [2.45, 2.75) is 38.8 Å². The molecule has 0 saturated carbocycles. The van der Waals surface area contributed by atoms with Gasteiger partial charge in [0.25, 0.3) is 0 Å². The van der Waals surface area contributed by atoms with Crippen molar-refractivity contribution in [3.63, 3.8) is 0 Å². The molecule has 2 unspecified atom stereocenters. The third kappa shape index (κ3) is 5.80. The van der Waals surface area contributed by atoms with Crippen molar-refractivity contribution < 1.29 is 14.4 Å². The third-order valence-corrected chi connectivity index (χ3v) is 4.93. The van der Waals surface area contributed by atoms with E-state index in [1.807, 2.05) is 67.7 Å². The average molecular weight is 405 g/mol. The van der Waals surface area contributed by atoms with Crippen LogP contribution in [-0.4, -0.2) is 29.4 Å². The van der Waals surface area contributed by atoms with Crippen molar-refractivity contribution in [3.8, 4) is 0 Å². The summed E-state index contributed by atoms with van der Waals surface area (Å²) in [5.41, 5.74) is 3.01. The Labute approximate surface area is 176 Å². The lowest BCUT2D eigenvalue weighted by molar-refractivity contribution is -0.125. The van der Waals surface area contributed by atoms with Crippen molar-refractivity contribution >= 4 is 29.3 Å². The zero-order valence-corrected chi connectivity index (χ0v) is 17.1. The molecule has 0 fully saturated rings. The summed E-state index contributed by atoms with van der Waals surface area (Å²) in [4.78, 5) is 32.9. The molecule has 156 valence electrons. The van der Waals surface area contributed by atoms with Gasteiger partial charge in [0.2, 0.25) is 5.91 Å². The summed E-state index contributed by atoms with van der Waals surface area (Å²) in [5, 5.41) is 7.88. The van der Waals surface area contributed by atoms with E-state index in [9.17, 15) is 9.59 Å². The second kappa shape index (κ2) is 11.0. The van der Waals surface area contributed by atoms with Crippen LogP contribution in [-0.2, 0) is 27.5 Å². The molecule has 2 aromatic carbocycles. The Morgan fingerprint density at radius 1 is 1.17 bits per heavy atom. The van der Waals surface area contributed by atoms with Gasteiger partial charge in [-0.05, 0) is 23.6 Å². The molecule has 6 nitrogen and oxygen atoms in total. The summed E-state index contributed by atoms with van der Waals surface area (Å²) < 4.78 is 0. The minimum atomic E-state index is -0.602. The van der Waals surface area contributed by atoms with Crippen molar-refractivity contribution in [2.75, 3.05) is 0 Å². The summed E-state index contributed by atoms with van der Waals surface area (Å²) in [7, 11) is 0. The van der Waals surface area contributed by atoms with Crippen molar-refractivity contribution in [2.24, 2.45) is 11.1 Å². The van der Waals surface area contributed by atoms with E-state index in [1.165, 1.54) is 6.21 Å². The summed E-state index contributed by atoms with van der Waals surface area (Å²) in [6.07, 6.45) is 6.07. The highest BCUT2D eigenvalue weighted by Crippen LogP contribution is 2.19. The second-order valence-corrected chi connectivity index (χ2v) is 7.22. The number of hydrogen-bond donors (Lipinski definition) is 2. The minimum absolute atomic E-state index is 0.221. The van der Waals surface area contributed by atoms with Crippen LogP contribution in [0.2, 0.25) is 0 Å². The number of carbonyl (C=O) groups excluding carboxylic acids is 2. The summed E-state index contributed by atoms with van der Waals surface area (Å²) >= 11 is 0. The number of H-pyrrole nitrogens is 1. The number of nitrogens with one attached hydrogen (secondary N) is 2. The number of aromatic amines is 1. The summed E-state index contributed by atoms with van der Waals surface area (Å²) in [6.45, 7) is 2.34. The van der Waals surface area contributed by atoms with Crippen molar-refractivity contribution in [1.29, 1.82) is 0 Å². The maximum atomic E-state index is 12.7. The number of oxime groups is 1. The fourth-order valence-electron chi connectivity index (χ4n) is 3.35. The molecule has 1 heterocycles. The van der Waals surface area contributed by atoms with Gasteiger partial charge in [-0.1, -0.05) is 67.0 Å². The molecule has 2 atom stereocenters. The molecule has 0 aliphatic rings. The van der Waals surface area contributed by atoms with Gasteiger partial charge >= 0.3 is 0 Å². The quantitative estimate of drug-likeness (QED) is 0.287. The molecule has 0 spiro atoms. The minimum Gasteiger partial charge on any atom is -0.391 e. The number of nitrogens with zero attached hydrogens (tertiary/aromatic N) is 1. The lowest BCUT2D eigenvalue weighted by Crippen LogP contribution is -2.41. The van der Waals surface area contributed by atoms with Gasteiger partial charge in [0.15, 0.2) is 0 Å². The fraction of sp³-hybridized carbons (Fsp3) is 0.292. The van der Waals surface area contributed by atoms with Crippen LogP contribution < -0.4 is 5.32 Å². The Kier molecular flexibility index (Phi) is 7.78. The molecule has 0 saturated heterocycles. The number of benzene rings is 2. The number of aldehydes is 1. The maximum absolute atomic E-state index is 12.7. The molecular formula is C24H27N3O3. The van der Waals surface area contributed by atoms with Crippen LogP contribution in [0.4, 0.5) is 0 Å².